The van der Waals surface area contributed by atoms with Crippen molar-refractivity contribution in [3.63, 3.8) is 0 Å². The number of hydrogen-bond acceptors (Lipinski definition) is 5. The summed E-state index contributed by atoms with van der Waals surface area (Å²) in [5.41, 5.74) is 5.25. The van der Waals surface area contributed by atoms with Gasteiger partial charge in [-0.1, -0.05) is 24.3 Å². The Morgan fingerprint density at radius 2 is 1.48 bits per heavy atom. The largest absolute Gasteiger partial charge is 0.326 e. The fourth-order valence-corrected chi connectivity index (χ4v) is 3.89. The van der Waals surface area contributed by atoms with Gasteiger partial charge in [0, 0.05) is 47.2 Å². The molecule has 4 rings (SSSR count). The summed E-state index contributed by atoms with van der Waals surface area (Å²) in [6.07, 6.45) is 3.79. The van der Waals surface area contributed by atoms with E-state index < -0.39 is 0 Å². The minimum atomic E-state index is -0.133. The summed E-state index contributed by atoms with van der Waals surface area (Å²) in [4.78, 5) is 32.2. The first-order valence-corrected chi connectivity index (χ1v) is 10.6. The van der Waals surface area contributed by atoms with E-state index in [1.165, 1.54) is 6.92 Å². The summed E-state index contributed by atoms with van der Waals surface area (Å²) in [6, 6.07) is 18.8. The molecule has 0 aliphatic rings. The van der Waals surface area contributed by atoms with Crippen molar-refractivity contribution in [3.8, 4) is 21.8 Å². The Kier molecular flexibility index (Phi) is 6.14. The van der Waals surface area contributed by atoms with Crippen molar-refractivity contribution in [2.75, 3.05) is 10.6 Å². The molecule has 31 heavy (non-hydrogen) atoms. The SMILES string of the molecule is CC(=O)Nc1ccc(NC(=O)Cc2ccc(-c3csc(-c4ccncc4)n3)cc2)cc1. The van der Waals surface area contributed by atoms with Gasteiger partial charge in [0.25, 0.3) is 0 Å². The first-order valence-electron chi connectivity index (χ1n) is 9.69. The highest BCUT2D eigenvalue weighted by Gasteiger charge is 2.08. The average Bonchev–Trinajstić information content (AvgIpc) is 3.26. The number of thiazole rings is 1. The molecule has 2 heterocycles. The van der Waals surface area contributed by atoms with Gasteiger partial charge in [-0.05, 0) is 42.0 Å². The van der Waals surface area contributed by atoms with Crippen molar-refractivity contribution >= 4 is 34.5 Å². The maximum Gasteiger partial charge on any atom is 0.228 e. The van der Waals surface area contributed by atoms with E-state index in [1.54, 1.807) is 48.0 Å². The molecule has 0 radical (unpaired) electrons. The predicted octanol–water partition coefficient (Wildman–Crippen LogP) is 5.01. The van der Waals surface area contributed by atoms with Crippen molar-refractivity contribution in [1.29, 1.82) is 0 Å². The molecule has 4 aromatic rings. The van der Waals surface area contributed by atoms with Crippen LogP contribution in [0.15, 0.2) is 78.4 Å². The van der Waals surface area contributed by atoms with Crippen molar-refractivity contribution in [3.05, 3.63) is 84.0 Å². The van der Waals surface area contributed by atoms with E-state index in [1.807, 2.05) is 41.8 Å². The molecule has 6 nitrogen and oxygen atoms in total. The van der Waals surface area contributed by atoms with Crippen LogP contribution in [0.25, 0.3) is 21.8 Å². The molecule has 2 aromatic carbocycles. The number of carbonyl (C=O) groups is 2. The maximum atomic E-state index is 12.4. The first-order chi connectivity index (χ1) is 15.1. The van der Waals surface area contributed by atoms with E-state index in [-0.39, 0.29) is 18.2 Å². The minimum Gasteiger partial charge on any atom is -0.326 e. The Balaban J connectivity index is 1.37. The zero-order valence-corrected chi connectivity index (χ0v) is 17.6. The average molecular weight is 429 g/mol. The lowest BCUT2D eigenvalue weighted by atomic mass is 10.1. The molecule has 7 heteroatoms. The second-order valence-electron chi connectivity index (χ2n) is 6.95. The monoisotopic (exact) mass is 428 g/mol. The number of anilines is 2. The van der Waals surface area contributed by atoms with Crippen LogP contribution in [0, 0.1) is 0 Å². The molecular formula is C24H20N4O2S. The Morgan fingerprint density at radius 3 is 2.13 bits per heavy atom. The highest BCUT2D eigenvalue weighted by Crippen LogP contribution is 2.28. The summed E-state index contributed by atoms with van der Waals surface area (Å²) < 4.78 is 0. The lowest BCUT2D eigenvalue weighted by molar-refractivity contribution is -0.116. The van der Waals surface area contributed by atoms with Crippen molar-refractivity contribution in [1.82, 2.24) is 9.97 Å². The third-order valence-corrected chi connectivity index (χ3v) is 5.43. The van der Waals surface area contributed by atoms with E-state index in [9.17, 15) is 9.59 Å². The van der Waals surface area contributed by atoms with Crippen LogP contribution in [0.5, 0.6) is 0 Å². The number of carbonyl (C=O) groups excluding carboxylic acids is 2. The fourth-order valence-electron chi connectivity index (χ4n) is 3.06. The van der Waals surface area contributed by atoms with Crippen LogP contribution in [-0.4, -0.2) is 21.8 Å². The van der Waals surface area contributed by atoms with E-state index >= 15 is 0 Å². The van der Waals surface area contributed by atoms with Crippen LogP contribution in [0.2, 0.25) is 0 Å². The van der Waals surface area contributed by atoms with E-state index in [4.69, 9.17) is 4.98 Å². The van der Waals surface area contributed by atoms with Gasteiger partial charge in [-0.25, -0.2) is 4.98 Å². The number of rotatable bonds is 6. The summed E-state index contributed by atoms with van der Waals surface area (Å²) in [5, 5.41) is 8.55. The molecule has 2 N–H and O–H groups in total. The lowest BCUT2D eigenvalue weighted by Crippen LogP contribution is -2.14. The third-order valence-electron chi connectivity index (χ3n) is 4.53. The van der Waals surface area contributed by atoms with E-state index in [0.717, 1.165) is 27.4 Å². The summed E-state index contributed by atoms with van der Waals surface area (Å²) in [6.45, 7) is 1.45. The fraction of sp³-hybridized carbons (Fsp3) is 0.0833. The van der Waals surface area contributed by atoms with Gasteiger partial charge in [0.2, 0.25) is 11.8 Å². The Hall–Kier alpha value is -3.84. The zero-order chi connectivity index (χ0) is 21.6. The van der Waals surface area contributed by atoms with Crippen LogP contribution in [0.4, 0.5) is 11.4 Å². The number of pyridine rings is 1. The van der Waals surface area contributed by atoms with Crippen LogP contribution in [-0.2, 0) is 16.0 Å². The number of benzene rings is 2. The van der Waals surface area contributed by atoms with Gasteiger partial charge in [0.15, 0.2) is 0 Å². The van der Waals surface area contributed by atoms with Crippen LogP contribution in [0.3, 0.4) is 0 Å². The molecule has 0 aliphatic heterocycles. The van der Waals surface area contributed by atoms with Gasteiger partial charge in [0.05, 0.1) is 12.1 Å². The smallest absolute Gasteiger partial charge is 0.228 e. The number of aromatic nitrogens is 2. The quantitative estimate of drug-likeness (QED) is 0.452. The van der Waals surface area contributed by atoms with E-state index in [0.29, 0.717) is 11.4 Å². The molecule has 0 saturated carbocycles. The van der Waals surface area contributed by atoms with Crippen LogP contribution >= 0.6 is 11.3 Å². The second kappa shape index (κ2) is 9.32. The summed E-state index contributed by atoms with van der Waals surface area (Å²) in [7, 11) is 0. The van der Waals surface area contributed by atoms with Crippen molar-refractivity contribution in [2.24, 2.45) is 0 Å². The molecule has 154 valence electrons. The Labute approximate surface area is 184 Å². The summed E-state index contributed by atoms with van der Waals surface area (Å²) in [5.74, 6) is -0.236. The zero-order valence-electron chi connectivity index (χ0n) is 16.8. The second-order valence-corrected chi connectivity index (χ2v) is 7.81. The molecule has 0 bridgehead atoms. The van der Waals surface area contributed by atoms with Gasteiger partial charge in [-0.15, -0.1) is 11.3 Å². The lowest BCUT2D eigenvalue weighted by Gasteiger charge is -2.07. The van der Waals surface area contributed by atoms with Gasteiger partial charge < -0.3 is 10.6 Å². The topological polar surface area (TPSA) is 84.0 Å². The Morgan fingerprint density at radius 1 is 0.839 bits per heavy atom. The molecule has 2 amide bonds. The third kappa shape index (κ3) is 5.40. The van der Waals surface area contributed by atoms with Crippen LogP contribution < -0.4 is 10.6 Å². The first kappa shape index (κ1) is 20.4. The van der Waals surface area contributed by atoms with Gasteiger partial charge in [0.1, 0.15) is 5.01 Å². The molecule has 0 saturated heterocycles. The number of nitrogens with one attached hydrogen (secondary N) is 2. The minimum absolute atomic E-state index is 0.103. The van der Waals surface area contributed by atoms with Crippen molar-refractivity contribution in [2.45, 2.75) is 13.3 Å². The van der Waals surface area contributed by atoms with Crippen molar-refractivity contribution < 1.29 is 9.59 Å². The number of hydrogen-bond donors (Lipinski definition) is 2. The normalized spacial score (nSPS) is 10.5. The van der Waals surface area contributed by atoms with Gasteiger partial charge in [-0.2, -0.15) is 0 Å². The molecule has 0 spiro atoms. The van der Waals surface area contributed by atoms with Gasteiger partial charge in [-0.3, -0.25) is 14.6 Å². The molecule has 0 atom stereocenters. The Bertz CT molecular complexity index is 1190. The van der Waals surface area contributed by atoms with Crippen LogP contribution in [0.1, 0.15) is 12.5 Å². The summed E-state index contributed by atoms with van der Waals surface area (Å²) >= 11 is 1.59. The van der Waals surface area contributed by atoms with Gasteiger partial charge >= 0.3 is 0 Å². The molecule has 2 aromatic heterocycles. The maximum absolute atomic E-state index is 12.4. The highest BCUT2D eigenvalue weighted by atomic mass is 32.1. The number of nitrogens with zero attached hydrogens (tertiary/aromatic N) is 2. The molecule has 0 unspecified atom stereocenters. The molecule has 0 aliphatic carbocycles. The molecular weight excluding hydrogens is 408 g/mol. The van der Waals surface area contributed by atoms with E-state index in [2.05, 4.69) is 15.6 Å². The number of amides is 2. The highest BCUT2D eigenvalue weighted by molar-refractivity contribution is 7.13. The standard InChI is InChI=1S/C24H20N4O2S/c1-16(29)26-20-6-8-21(9-7-20)27-23(30)14-17-2-4-18(5-3-17)22-15-31-24(28-22)19-10-12-25-13-11-19/h2-13,15H,14H2,1H3,(H,26,29)(H,27,30). The predicted molar refractivity (Wildman–Crippen MR) is 124 cm³/mol. The molecule has 0 fully saturated rings.